The van der Waals surface area contributed by atoms with Crippen LogP contribution < -0.4 is 5.32 Å². The molecule has 4 bridgehead atoms. The Kier molecular flexibility index (Phi) is 3.36. The van der Waals surface area contributed by atoms with E-state index in [9.17, 15) is 4.79 Å². The van der Waals surface area contributed by atoms with Crippen LogP contribution in [0.2, 0.25) is 0 Å². The van der Waals surface area contributed by atoms with Gasteiger partial charge in [0.05, 0.1) is 7.11 Å². The van der Waals surface area contributed by atoms with Gasteiger partial charge in [-0.1, -0.05) is 6.92 Å². The number of hydrogen-bond donors (Lipinski definition) is 1. The molecule has 1 N–H and O–H groups in total. The Hall–Kier alpha value is -0.570. The third kappa shape index (κ3) is 1.93. The minimum atomic E-state index is -0.377. The second-order valence-corrected chi connectivity index (χ2v) is 7.12. The Morgan fingerprint density at radius 1 is 1.21 bits per heavy atom. The van der Waals surface area contributed by atoms with Crippen molar-refractivity contribution in [3.63, 3.8) is 0 Å². The summed E-state index contributed by atoms with van der Waals surface area (Å²) in [6.45, 7) is 4.37. The topological polar surface area (TPSA) is 38.3 Å². The van der Waals surface area contributed by atoms with Gasteiger partial charge in [0.25, 0.3) is 0 Å². The first kappa shape index (κ1) is 13.4. The van der Waals surface area contributed by atoms with Crippen LogP contribution in [0, 0.1) is 23.7 Å². The van der Waals surface area contributed by atoms with Crippen molar-refractivity contribution in [1.82, 2.24) is 5.32 Å². The molecule has 0 aromatic heterocycles. The maximum absolute atomic E-state index is 12.6. The van der Waals surface area contributed by atoms with Gasteiger partial charge in [-0.05, 0) is 69.1 Å². The summed E-state index contributed by atoms with van der Waals surface area (Å²) in [5, 5.41) is 3.70. The molecule has 0 aromatic rings. The highest BCUT2D eigenvalue weighted by molar-refractivity contribution is 5.82. The van der Waals surface area contributed by atoms with Crippen molar-refractivity contribution in [2.45, 2.75) is 64.0 Å². The fraction of sp³-hybridized carbons (Fsp3) is 0.938. The van der Waals surface area contributed by atoms with Crippen LogP contribution in [-0.4, -0.2) is 24.7 Å². The first-order chi connectivity index (χ1) is 9.10. The van der Waals surface area contributed by atoms with Gasteiger partial charge < -0.3 is 4.74 Å². The lowest BCUT2D eigenvalue weighted by Crippen LogP contribution is -2.70. The van der Waals surface area contributed by atoms with Crippen molar-refractivity contribution in [1.29, 1.82) is 0 Å². The smallest absolute Gasteiger partial charge is 0.326 e. The van der Waals surface area contributed by atoms with Crippen LogP contribution in [-0.2, 0) is 9.53 Å². The average molecular weight is 265 g/mol. The molecule has 4 fully saturated rings. The number of esters is 1. The largest absolute Gasteiger partial charge is 0.468 e. The molecule has 0 amide bonds. The second kappa shape index (κ2) is 4.76. The van der Waals surface area contributed by atoms with Crippen molar-refractivity contribution >= 4 is 5.97 Å². The van der Waals surface area contributed by atoms with Crippen LogP contribution in [0.15, 0.2) is 0 Å². The van der Waals surface area contributed by atoms with E-state index in [1.54, 1.807) is 7.11 Å². The predicted octanol–water partition coefficient (Wildman–Crippen LogP) is 2.74. The maximum Gasteiger partial charge on any atom is 0.326 e. The van der Waals surface area contributed by atoms with Crippen LogP contribution in [0.25, 0.3) is 0 Å². The molecule has 0 aromatic carbocycles. The molecule has 19 heavy (non-hydrogen) atoms. The van der Waals surface area contributed by atoms with E-state index in [4.69, 9.17) is 4.74 Å². The van der Waals surface area contributed by atoms with Gasteiger partial charge in [0, 0.05) is 6.04 Å². The quantitative estimate of drug-likeness (QED) is 0.794. The molecule has 4 rings (SSSR count). The lowest BCUT2D eigenvalue weighted by atomic mass is 9.48. The Morgan fingerprint density at radius 3 is 2.16 bits per heavy atom. The number of methoxy groups -OCH3 is 1. The van der Waals surface area contributed by atoms with Crippen LogP contribution in [0.5, 0.6) is 0 Å². The number of nitrogens with one attached hydrogen (secondary N) is 1. The highest BCUT2D eigenvalue weighted by atomic mass is 16.5. The van der Waals surface area contributed by atoms with E-state index in [0.717, 1.165) is 18.3 Å². The van der Waals surface area contributed by atoms with Crippen molar-refractivity contribution in [3.8, 4) is 0 Å². The summed E-state index contributed by atoms with van der Waals surface area (Å²) in [7, 11) is 1.55. The molecule has 4 saturated carbocycles. The van der Waals surface area contributed by atoms with Gasteiger partial charge in [0.2, 0.25) is 0 Å². The highest BCUT2D eigenvalue weighted by Crippen LogP contribution is 2.58. The first-order valence-electron chi connectivity index (χ1n) is 7.96. The molecule has 0 saturated heterocycles. The minimum absolute atomic E-state index is 0.00148. The fourth-order valence-corrected chi connectivity index (χ4v) is 5.23. The van der Waals surface area contributed by atoms with Crippen LogP contribution in [0.1, 0.15) is 52.4 Å². The molecule has 4 aliphatic rings. The molecule has 4 aliphatic carbocycles. The summed E-state index contributed by atoms with van der Waals surface area (Å²) in [6.07, 6.45) is 7.38. The lowest BCUT2D eigenvalue weighted by molar-refractivity contribution is -0.169. The summed E-state index contributed by atoms with van der Waals surface area (Å²) >= 11 is 0. The molecule has 0 aliphatic heterocycles. The average Bonchev–Trinajstić information content (AvgIpc) is 2.41. The summed E-state index contributed by atoms with van der Waals surface area (Å²) in [5.74, 6) is 2.76. The van der Waals surface area contributed by atoms with Gasteiger partial charge in [0.15, 0.2) is 0 Å². The second-order valence-electron chi connectivity index (χ2n) is 7.12. The van der Waals surface area contributed by atoms with Crippen molar-refractivity contribution in [2.75, 3.05) is 7.11 Å². The standard InChI is InChI=1S/C16H27NO2/c1-4-10(2)17-16(15(18)19-3)13-6-11-5-12(8-13)9-14(16)7-11/h10-14,17H,4-9H2,1-3H3. The van der Waals surface area contributed by atoms with Crippen molar-refractivity contribution in [3.05, 3.63) is 0 Å². The minimum Gasteiger partial charge on any atom is -0.468 e. The van der Waals surface area contributed by atoms with Gasteiger partial charge in [-0.25, -0.2) is 0 Å². The van der Waals surface area contributed by atoms with Gasteiger partial charge in [0.1, 0.15) is 5.54 Å². The summed E-state index contributed by atoms with van der Waals surface area (Å²) < 4.78 is 5.22. The Balaban J connectivity index is 1.93. The van der Waals surface area contributed by atoms with E-state index in [-0.39, 0.29) is 11.5 Å². The maximum atomic E-state index is 12.6. The zero-order valence-electron chi connectivity index (χ0n) is 12.4. The first-order valence-corrected chi connectivity index (χ1v) is 7.96. The number of hydrogen-bond acceptors (Lipinski definition) is 3. The summed E-state index contributed by atoms with van der Waals surface area (Å²) in [6, 6.07) is 0.386. The zero-order chi connectivity index (χ0) is 13.6. The molecular weight excluding hydrogens is 238 g/mol. The van der Waals surface area contributed by atoms with E-state index in [1.807, 2.05) is 0 Å². The number of rotatable bonds is 4. The third-order valence-electron chi connectivity index (χ3n) is 6.05. The predicted molar refractivity (Wildman–Crippen MR) is 74.7 cm³/mol. The van der Waals surface area contributed by atoms with E-state index in [2.05, 4.69) is 19.2 Å². The molecule has 1 atom stereocenters. The van der Waals surface area contributed by atoms with Crippen LogP contribution >= 0.6 is 0 Å². The van der Waals surface area contributed by atoms with E-state index in [0.29, 0.717) is 17.9 Å². The van der Waals surface area contributed by atoms with E-state index >= 15 is 0 Å². The molecule has 0 spiro atoms. The van der Waals surface area contributed by atoms with Gasteiger partial charge in [-0.15, -0.1) is 0 Å². The third-order valence-corrected chi connectivity index (χ3v) is 6.05. The Morgan fingerprint density at radius 2 is 1.74 bits per heavy atom. The zero-order valence-corrected chi connectivity index (χ0v) is 12.4. The lowest BCUT2D eigenvalue weighted by Gasteiger charge is -2.60. The summed E-state index contributed by atoms with van der Waals surface area (Å²) in [5.41, 5.74) is -0.377. The normalized spacial score (nSPS) is 45.2. The number of carbonyl (C=O) groups is 1. The number of carbonyl (C=O) groups excluding carboxylic acids is 1. The monoisotopic (exact) mass is 265 g/mol. The van der Waals surface area contributed by atoms with Crippen molar-refractivity contribution < 1.29 is 9.53 Å². The molecule has 108 valence electrons. The molecule has 0 radical (unpaired) electrons. The molecule has 1 unspecified atom stereocenters. The Labute approximate surface area is 116 Å². The fourth-order valence-electron chi connectivity index (χ4n) is 5.23. The van der Waals surface area contributed by atoms with E-state index in [1.165, 1.54) is 32.1 Å². The van der Waals surface area contributed by atoms with E-state index < -0.39 is 0 Å². The molecule has 0 heterocycles. The Bertz CT molecular complexity index is 338. The van der Waals surface area contributed by atoms with Gasteiger partial charge in [-0.3, -0.25) is 10.1 Å². The molecular formula is C16H27NO2. The molecule has 3 nitrogen and oxygen atoms in total. The summed E-state index contributed by atoms with van der Waals surface area (Å²) in [4.78, 5) is 12.6. The van der Waals surface area contributed by atoms with Gasteiger partial charge >= 0.3 is 5.97 Å². The SMILES string of the molecule is CCC(C)NC1(C(=O)OC)C2CC3CC(C2)CC1C3. The molecule has 3 heteroatoms. The number of ether oxygens (including phenoxy) is 1. The highest BCUT2D eigenvalue weighted by Gasteiger charge is 2.61. The van der Waals surface area contributed by atoms with Crippen LogP contribution in [0.4, 0.5) is 0 Å². The van der Waals surface area contributed by atoms with Gasteiger partial charge in [-0.2, -0.15) is 0 Å². The van der Waals surface area contributed by atoms with Crippen LogP contribution in [0.3, 0.4) is 0 Å². The van der Waals surface area contributed by atoms with Crippen molar-refractivity contribution in [2.24, 2.45) is 23.7 Å².